The van der Waals surface area contributed by atoms with Gasteiger partial charge in [0, 0.05) is 18.8 Å². The number of halogens is 3. The number of aromatic carboxylic acids is 1. The molecule has 116 valence electrons. The lowest BCUT2D eigenvalue weighted by Crippen LogP contribution is -2.43. The maximum absolute atomic E-state index is 13.2. The van der Waals surface area contributed by atoms with Crippen LogP contribution in [0.25, 0.3) is 0 Å². The van der Waals surface area contributed by atoms with Crippen LogP contribution < -0.4 is 4.90 Å². The van der Waals surface area contributed by atoms with E-state index in [0.29, 0.717) is 32.2 Å². The number of hydrogen-bond donors (Lipinski definition) is 1. The summed E-state index contributed by atoms with van der Waals surface area (Å²) in [4.78, 5) is 12.5. The molecule has 1 atom stereocenters. The van der Waals surface area contributed by atoms with Crippen LogP contribution in [0, 0.1) is 0 Å². The molecule has 0 aliphatic carbocycles. The molecule has 2 rings (SSSR count). The van der Waals surface area contributed by atoms with E-state index in [1.165, 1.54) is 12.1 Å². The lowest BCUT2D eigenvalue weighted by atomic mass is 10.1. The van der Waals surface area contributed by atoms with Crippen LogP contribution in [0.2, 0.25) is 0 Å². The fourth-order valence-corrected chi connectivity index (χ4v) is 2.36. The summed E-state index contributed by atoms with van der Waals surface area (Å²) in [5.41, 5.74) is -1.28. The van der Waals surface area contributed by atoms with Gasteiger partial charge in [0.05, 0.1) is 23.8 Å². The number of anilines is 1. The molecule has 0 radical (unpaired) electrons. The van der Waals surface area contributed by atoms with Crippen molar-refractivity contribution >= 4 is 11.7 Å². The van der Waals surface area contributed by atoms with Crippen LogP contribution in [0.1, 0.15) is 29.3 Å². The third kappa shape index (κ3) is 3.47. The molecule has 0 amide bonds. The van der Waals surface area contributed by atoms with E-state index in [2.05, 4.69) is 0 Å². The van der Waals surface area contributed by atoms with E-state index in [-0.39, 0.29) is 17.4 Å². The minimum absolute atomic E-state index is 0.00856. The number of carbonyl (C=O) groups is 1. The number of ether oxygens (including phenoxy) is 1. The van der Waals surface area contributed by atoms with Crippen LogP contribution in [0.15, 0.2) is 18.2 Å². The molecular formula is C14H16F3NO3. The zero-order valence-corrected chi connectivity index (χ0v) is 11.5. The largest absolute Gasteiger partial charge is 0.478 e. The minimum atomic E-state index is -4.60. The second-order valence-electron chi connectivity index (χ2n) is 4.88. The van der Waals surface area contributed by atoms with Gasteiger partial charge in [0.15, 0.2) is 0 Å². The van der Waals surface area contributed by atoms with Gasteiger partial charge in [0.25, 0.3) is 0 Å². The van der Waals surface area contributed by atoms with Gasteiger partial charge in [0.1, 0.15) is 0 Å². The first kappa shape index (κ1) is 15.6. The van der Waals surface area contributed by atoms with E-state index in [4.69, 9.17) is 9.84 Å². The highest BCUT2D eigenvalue weighted by molar-refractivity contribution is 5.88. The summed E-state index contributed by atoms with van der Waals surface area (Å²) < 4.78 is 45.0. The standard InChI is InChI=1S/C14H16F3NO3/c1-2-10-8-18(5-6-21-10)12-4-3-9(13(19)20)7-11(12)14(15,16)17/h3-4,7,10H,2,5-6,8H2,1H3,(H,19,20). The number of hydrogen-bond acceptors (Lipinski definition) is 3. The first-order valence-electron chi connectivity index (χ1n) is 6.64. The first-order chi connectivity index (χ1) is 9.82. The molecule has 0 bridgehead atoms. The van der Waals surface area contributed by atoms with Crippen LogP contribution in [-0.4, -0.2) is 36.9 Å². The number of carboxylic acids is 1. The molecule has 1 saturated heterocycles. The Morgan fingerprint density at radius 3 is 2.76 bits per heavy atom. The average Bonchev–Trinajstić information content (AvgIpc) is 2.45. The van der Waals surface area contributed by atoms with E-state index in [1.54, 1.807) is 4.90 Å². The van der Waals surface area contributed by atoms with Crippen LogP contribution in [0.4, 0.5) is 18.9 Å². The molecule has 1 aromatic rings. The molecule has 1 aliphatic heterocycles. The van der Waals surface area contributed by atoms with E-state index in [1.807, 2.05) is 6.92 Å². The second-order valence-corrected chi connectivity index (χ2v) is 4.88. The second kappa shape index (κ2) is 5.93. The zero-order valence-electron chi connectivity index (χ0n) is 11.5. The highest BCUT2D eigenvalue weighted by atomic mass is 19.4. The Morgan fingerprint density at radius 1 is 1.48 bits per heavy atom. The topological polar surface area (TPSA) is 49.8 Å². The van der Waals surface area contributed by atoms with Gasteiger partial charge in [-0.3, -0.25) is 0 Å². The van der Waals surface area contributed by atoms with Crippen molar-refractivity contribution < 1.29 is 27.8 Å². The fraction of sp³-hybridized carbons (Fsp3) is 0.500. The van der Waals surface area contributed by atoms with E-state index >= 15 is 0 Å². The number of alkyl halides is 3. The zero-order chi connectivity index (χ0) is 15.6. The van der Waals surface area contributed by atoms with Gasteiger partial charge in [0.2, 0.25) is 0 Å². The molecule has 1 aromatic carbocycles. The summed E-state index contributed by atoms with van der Waals surface area (Å²) >= 11 is 0. The number of rotatable bonds is 3. The molecule has 0 aromatic heterocycles. The SMILES string of the molecule is CCC1CN(c2ccc(C(=O)O)cc2C(F)(F)F)CCO1. The molecule has 0 saturated carbocycles. The highest BCUT2D eigenvalue weighted by Crippen LogP contribution is 2.38. The number of morpholine rings is 1. The van der Waals surface area contributed by atoms with Gasteiger partial charge in [-0.15, -0.1) is 0 Å². The Morgan fingerprint density at radius 2 is 2.19 bits per heavy atom. The summed E-state index contributed by atoms with van der Waals surface area (Å²) in [6, 6.07) is 3.11. The van der Waals surface area contributed by atoms with Crippen molar-refractivity contribution in [2.75, 3.05) is 24.6 Å². The van der Waals surface area contributed by atoms with E-state index < -0.39 is 17.7 Å². The quantitative estimate of drug-likeness (QED) is 0.932. The molecule has 1 fully saturated rings. The molecule has 4 nitrogen and oxygen atoms in total. The van der Waals surface area contributed by atoms with Crippen molar-refractivity contribution in [3.8, 4) is 0 Å². The predicted octanol–water partition coefficient (Wildman–Crippen LogP) is 3.02. The Kier molecular flexibility index (Phi) is 4.41. The molecule has 1 aliphatic rings. The smallest absolute Gasteiger partial charge is 0.418 e. The molecule has 1 unspecified atom stereocenters. The van der Waals surface area contributed by atoms with Crippen LogP contribution in [0.5, 0.6) is 0 Å². The average molecular weight is 303 g/mol. The van der Waals surface area contributed by atoms with Crippen LogP contribution in [0.3, 0.4) is 0 Å². The Bertz CT molecular complexity index is 531. The maximum Gasteiger partial charge on any atom is 0.418 e. The molecule has 7 heteroatoms. The van der Waals surface area contributed by atoms with Crippen LogP contribution in [-0.2, 0) is 10.9 Å². The third-order valence-electron chi connectivity index (χ3n) is 3.48. The van der Waals surface area contributed by atoms with Crippen molar-refractivity contribution in [1.82, 2.24) is 0 Å². The summed E-state index contributed by atoms with van der Waals surface area (Å²) in [7, 11) is 0. The summed E-state index contributed by atoms with van der Waals surface area (Å²) in [5.74, 6) is -1.37. The Hall–Kier alpha value is -1.76. The van der Waals surface area contributed by atoms with Gasteiger partial charge in [-0.05, 0) is 24.6 Å². The number of carboxylic acid groups (broad SMARTS) is 1. The normalized spacial score (nSPS) is 19.6. The van der Waals surface area contributed by atoms with Crippen LogP contribution >= 0.6 is 0 Å². The summed E-state index contributed by atoms with van der Waals surface area (Å²) in [6.07, 6.45) is -4.00. The van der Waals surface area contributed by atoms with Gasteiger partial charge < -0.3 is 14.7 Å². The Balaban J connectivity index is 2.40. The summed E-state index contributed by atoms with van der Waals surface area (Å²) in [5, 5.41) is 8.86. The van der Waals surface area contributed by atoms with Crippen molar-refractivity contribution in [1.29, 1.82) is 0 Å². The minimum Gasteiger partial charge on any atom is -0.478 e. The number of benzene rings is 1. The predicted molar refractivity (Wildman–Crippen MR) is 70.6 cm³/mol. The van der Waals surface area contributed by atoms with Crippen molar-refractivity contribution in [2.45, 2.75) is 25.6 Å². The maximum atomic E-state index is 13.2. The number of nitrogens with zero attached hydrogens (tertiary/aromatic N) is 1. The van der Waals surface area contributed by atoms with Gasteiger partial charge in [-0.2, -0.15) is 13.2 Å². The summed E-state index contributed by atoms with van der Waals surface area (Å²) in [6.45, 7) is 2.99. The van der Waals surface area contributed by atoms with Gasteiger partial charge in [-0.1, -0.05) is 6.92 Å². The lowest BCUT2D eigenvalue weighted by Gasteiger charge is -2.35. The molecule has 21 heavy (non-hydrogen) atoms. The van der Waals surface area contributed by atoms with Gasteiger partial charge in [-0.25, -0.2) is 4.79 Å². The highest BCUT2D eigenvalue weighted by Gasteiger charge is 2.36. The van der Waals surface area contributed by atoms with Crippen molar-refractivity contribution in [3.63, 3.8) is 0 Å². The van der Waals surface area contributed by atoms with Gasteiger partial charge >= 0.3 is 12.1 Å². The molecule has 1 heterocycles. The monoisotopic (exact) mass is 303 g/mol. The van der Waals surface area contributed by atoms with E-state index in [9.17, 15) is 18.0 Å². The fourth-order valence-electron chi connectivity index (χ4n) is 2.36. The first-order valence-corrected chi connectivity index (χ1v) is 6.64. The molecule has 0 spiro atoms. The van der Waals surface area contributed by atoms with Crippen molar-refractivity contribution in [3.05, 3.63) is 29.3 Å². The molecular weight excluding hydrogens is 287 g/mol. The van der Waals surface area contributed by atoms with Crippen molar-refractivity contribution in [2.24, 2.45) is 0 Å². The third-order valence-corrected chi connectivity index (χ3v) is 3.48. The van der Waals surface area contributed by atoms with E-state index in [0.717, 1.165) is 0 Å². The Labute approximate surface area is 120 Å². The molecule has 1 N–H and O–H groups in total. The lowest BCUT2D eigenvalue weighted by molar-refractivity contribution is -0.137.